The fourth-order valence-electron chi connectivity index (χ4n) is 2.92. The van der Waals surface area contributed by atoms with E-state index in [4.69, 9.17) is 10.5 Å². The van der Waals surface area contributed by atoms with Crippen molar-refractivity contribution >= 4 is 39.6 Å². The number of amides is 2. The van der Waals surface area contributed by atoms with E-state index >= 15 is 0 Å². The minimum absolute atomic E-state index is 0.178. The molecule has 0 spiro atoms. The number of nitrogens with zero attached hydrogens (tertiary/aromatic N) is 1. The Hall–Kier alpha value is -3.48. The molecule has 3 aromatic rings. The Kier molecular flexibility index (Phi) is 5.30. The van der Waals surface area contributed by atoms with Crippen molar-refractivity contribution in [2.24, 2.45) is 5.73 Å². The number of rotatable bonds is 6. The van der Waals surface area contributed by atoms with Gasteiger partial charge < -0.3 is 15.8 Å². The molecule has 2 aromatic carbocycles. The summed E-state index contributed by atoms with van der Waals surface area (Å²) in [6.07, 6.45) is -0.324. The Morgan fingerprint density at radius 3 is 2.11 bits per heavy atom. The number of ether oxygens (including phenoxy) is 1. The van der Waals surface area contributed by atoms with Gasteiger partial charge in [0, 0.05) is 10.8 Å². The van der Waals surface area contributed by atoms with Crippen LogP contribution < -0.4 is 11.1 Å². The van der Waals surface area contributed by atoms with Gasteiger partial charge in [-0.05, 0) is 19.1 Å². The molecular formula is C20H19N3O4. The van der Waals surface area contributed by atoms with Crippen LogP contribution in [0, 0.1) is 0 Å². The van der Waals surface area contributed by atoms with Crippen molar-refractivity contribution in [2.75, 3.05) is 6.61 Å². The molecule has 1 atom stereocenters. The summed E-state index contributed by atoms with van der Waals surface area (Å²) >= 11 is 0. The van der Waals surface area contributed by atoms with Crippen molar-refractivity contribution < 1.29 is 19.1 Å². The quantitative estimate of drug-likeness (QED) is 0.512. The van der Waals surface area contributed by atoms with Crippen LogP contribution in [0.4, 0.5) is 0 Å². The predicted molar refractivity (Wildman–Crippen MR) is 101 cm³/mol. The normalized spacial score (nSPS) is 11.9. The van der Waals surface area contributed by atoms with Crippen molar-refractivity contribution in [3.8, 4) is 0 Å². The molecule has 27 heavy (non-hydrogen) atoms. The van der Waals surface area contributed by atoms with Gasteiger partial charge in [-0.2, -0.15) is 0 Å². The van der Waals surface area contributed by atoms with E-state index in [-0.39, 0.29) is 13.0 Å². The van der Waals surface area contributed by atoms with Crippen molar-refractivity contribution in [3.05, 3.63) is 54.1 Å². The predicted octanol–water partition coefficient (Wildman–Crippen LogP) is 1.92. The van der Waals surface area contributed by atoms with Crippen LogP contribution in [0.2, 0.25) is 0 Å². The molecule has 0 bridgehead atoms. The Morgan fingerprint density at radius 1 is 1.04 bits per heavy atom. The summed E-state index contributed by atoms with van der Waals surface area (Å²) in [6.45, 7) is 1.84. The zero-order valence-corrected chi connectivity index (χ0v) is 14.8. The minimum Gasteiger partial charge on any atom is -0.466 e. The lowest BCUT2D eigenvalue weighted by Gasteiger charge is -2.16. The summed E-state index contributed by atoms with van der Waals surface area (Å²) in [7, 11) is 0. The van der Waals surface area contributed by atoms with Crippen molar-refractivity contribution in [3.63, 3.8) is 0 Å². The number of para-hydroxylation sites is 2. The number of pyridine rings is 1. The van der Waals surface area contributed by atoms with E-state index in [1.807, 2.05) is 24.3 Å². The summed E-state index contributed by atoms with van der Waals surface area (Å²) in [4.78, 5) is 41.0. The van der Waals surface area contributed by atoms with Crippen LogP contribution in [0.1, 0.15) is 23.7 Å². The number of esters is 1. The second kappa shape index (κ2) is 7.82. The molecule has 1 aromatic heterocycles. The van der Waals surface area contributed by atoms with E-state index in [0.29, 0.717) is 27.4 Å². The standard InChI is InChI=1S/C20H19N3O4/c1-2-27-17(24)11-16(19(21)25)23-20(26)18-12-7-3-5-9-14(12)22-15-10-6-4-8-13(15)18/h3-10,16H,2,11H2,1H3,(H2,21,25)(H,23,26)/t16-/m1/s1. The van der Waals surface area contributed by atoms with Crippen LogP contribution in [-0.2, 0) is 14.3 Å². The maximum Gasteiger partial charge on any atom is 0.308 e. The van der Waals surface area contributed by atoms with Gasteiger partial charge in [-0.25, -0.2) is 4.98 Å². The number of hydrogen-bond donors (Lipinski definition) is 2. The average Bonchev–Trinajstić information content (AvgIpc) is 2.65. The van der Waals surface area contributed by atoms with Gasteiger partial charge >= 0.3 is 5.97 Å². The molecule has 0 aliphatic carbocycles. The maximum absolute atomic E-state index is 13.0. The average molecular weight is 365 g/mol. The molecule has 0 fully saturated rings. The van der Waals surface area contributed by atoms with Crippen LogP contribution in [0.25, 0.3) is 21.8 Å². The van der Waals surface area contributed by atoms with Gasteiger partial charge in [0.15, 0.2) is 0 Å². The molecule has 3 N–H and O–H groups in total. The fraction of sp³-hybridized carbons (Fsp3) is 0.200. The number of aromatic nitrogens is 1. The Balaban J connectivity index is 2.03. The van der Waals surface area contributed by atoms with Crippen LogP contribution in [0.15, 0.2) is 48.5 Å². The van der Waals surface area contributed by atoms with Gasteiger partial charge in [0.25, 0.3) is 5.91 Å². The second-order valence-corrected chi connectivity index (χ2v) is 5.96. The zero-order chi connectivity index (χ0) is 19.4. The first-order valence-electron chi connectivity index (χ1n) is 8.54. The Bertz CT molecular complexity index is 978. The first kappa shape index (κ1) is 18.3. The van der Waals surface area contributed by atoms with E-state index in [1.54, 1.807) is 31.2 Å². The van der Waals surface area contributed by atoms with E-state index < -0.39 is 23.8 Å². The third kappa shape index (κ3) is 3.87. The van der Waals surface area contributed by atoms with Crippen LogP contribution >= 0.6 is 0 Å². The van der Waals surface area contributed by atoms with E-state index in [0.717, 1.165) is 0 Å². The highest BCUT2D eigenvalue weighted by Crippen LogP contribution is 2.26. The van der Waals surface area contributed by atoms with Crippen LogP contribution in [-0.4, -0.2) is 35.4 Å². The molecule has 2 amide bonds. The van der Waals surface area contributed by atoms with Gasteiger partial charge in [-0.15, -0.1) is 0 Å². The minimum atomic E-state index is -1.16. The summed E-state index contributed by atoms with van der Waals surface area (Å²) < 4.78 is 4.84. The lowest BCUT2D eigenvalue weighted by Crippen LogP contribution is -2.46. The van der Waals surface area contributed by atoms with Gasteiger partial charge in [0.2, 0.25) is 5.91 Å². The topological polar surface area (TPSA) is 111 Å². The molecule has 138 valence electrons. The van der Waals surface area contributed by atoms with Crippen LogP contribution in [0.3, 0.4) is 0 Å². The molecule has 1 heterocycles. The first-order valence-corrected chi connectivity index (χ1v) is 8.54. The molecule has 7 nitrogen and oxygen atoms in total. The number of nitrogens with two attached hydrogens (primary N) is 1. The Labute approximate surface area is 155 Å². The highest BCUT2D eigenvalue weighted by atomic mass is 16.5. The van der Waals surface area contributed by atoms with E-state index in [1.165, 1.54) is 0 Å². The van der Waals surface area contributed by atoms with Crippen molar-refractivity contribution in [1.82, 2.24) is 10.3 Å². The second-order valence-electron chi connectivity index (χ2n) is 5.96. The lowest BCUT2D eigenvalue weighted by molar-refractivity contribution is -0.145. The summed E-state index contributed by atoms with van der Waals surface area (Å²) in [5.41, 5.74) is 7.05. The third-order valence-electron chi connectivity index (χ3n) is 4.14. The van der Waals surface area contributed by atoms with Gasteiger partial charge in [-0.3, -0.25) is 14.4 Å². The number of primary amides is 1. The number of fused-ring (bicyclic) bond motifs is 2. The number of benzene rings is 2. The number of carbonyl (C=O) groups excluding carboxylic acids is 3. The summed E-state index contributed by atoms with van der Waals surface area (Å²) in [5, 5.41) is 3.86. The number of nitrogens with one attached hydrogen (secondary N) is 1. The molecular weight excluding hydrogens is 346 g/mol. The molecule has 0 aliphatic heterocycles. The zero-order valence-electron chi connectivity index (χ0n) is 14.8. The van der Waals surface area contributed by atoms with Gasteiger partial charge in [0.05, 0.1) is 29.6 Å². The fourth-order valence-corrected chi connectivity index (χ4v) is 2.92. The Morgan fingerprint density at radius 2 is 1.59 bits per heavy atom. The lowest BCUT2D eigenvalue weighted by atomic mass is 10.0. The molecule has 0 radical (unpaired) electrons. The molecule has 3 rings (SSSR count). The SMILES string of the molecule is CCOC(=O)C[C@@H](NC(=O)c1c2ccccc2nc2ccccc12)C(N)=O. The van der Waals surface area contributed by atoms with Gasteiger partial charge in [0.1, 0.15) is 6.04 Å². The summed E-state index contributed by atoms with van der Waals surface area (Å²) in [6, 6.07) is 13.3. The third-order valence-corrected chi connectivity index (χ3v) is 4.14. The highest BCUT2D eigenvalue weighted by Gasteiger charge is 2.25. The maximum atomic E-state index is 13.0. The first-order chi connectivity index (χ1) is 13.0. The molecule has 0 unspecified atom stereocenters. The van der Waals surface area contributed by atoms with Crippen LogP contribution in [0.5, 0.6) is 0 Å². The van der Waals surface area contributed by atoms with E-state index in [2.05, 4.69) is 10.3 Å². The molecule has 0 aliphatic rings. The number of carbonyl (C=O) groups is 3. The summed E-state index contributed by atoms with van der Waals surface area (Å²) in [5.74, 6) is -1.91. The van der Waals surface area contributed by atoms with Gasteiger partial charge in [-0.1, -0.05) is 36.4 Å². The van der Waals surface area contributed by atoms with Crippen molar-refractivity contribution in [1.29, 1.82) is 0 Å². The molecule has 0 saturated carbocycles. The molecule has 7 heteroatoms. The van der Waals surface area contributed by atoms with E-state index in [9.17, 15) is 14.4 Å². The highest BCUT2D eigenvalue weighted by molar-refractivity contribution is 6.16. The number of hydrogen-bond acceptors (Lipinski definition) is 5. The molecule has 0 saturated heterocycles. The van der Waals surface area contributed by atoms with Crippen molar-refractivity contribution in [2.45, 2.75) is 19.4 Å². The largest absolute Gasteiger partial charge is 0.466 e. The smallest absolute Gasteiger partial charge is 0.308 e. The monoisotopic (exact) mass is 365 g/mol.